The van der Waals surface area contributed by atoms with Crippen LogP contribution in [0.15, 0.2) is 60.7 Å². The maximum Gasteiger partial charge on any atom is 0.197 e. The van der Waals surface area contributed by atoms with Crippen LogP contribution in [-0.2, 0) is 0 Å². The van der Waals surface area contributed by atoms with Crippen LogP contribution in [0.5, 0.6) is 11.5 Å². The van der Waals surface area contributed by atoms with Gasteiger partial charge in [0.05, 0.1) is 32.8 Å². The van der Waals surface area contributed by atoms with Crippen molar-refractivity contribution in [3.05, 3.63) is 71.8 Å². The van der Waals surface area contributed by atoms with Crippen molar-refractivity contribution < 1.29 is 18.8 Å². The van der Waals surface area contributed by atoms with Crippen LogP contribution in [-0.4, -0.2) is 50.7 Å². The average Bonchev–Trinajstić information content (AvgIpc) is 3.19. The summed E-state index contributed by atoms with van der Waals surface area (Å²) in [6.45, 7) is 3.98. The molecule has 3 aromatic rings. The zero-order valence-corrected chi connectivity index (χ0v) is 17.2. The summed E-state index contributed by atoms with van der Waals surface area (Å²) in [4.78, 5) is 13.4. The van der Waals surface area contributed by atoms with E-state index in [1.54, 1.807) is 7.11 Å². The molecule has 0 unspecified atom stereocenters. The maximum atomic E-state index is 13.4. The standard InChI is InChI=1S/C25H28NO3/c1-26(15-5-6-16-26)17-18-29-23-14-11-19-7-3-4-8-22(19)24(23)25(27)20-9-12-21(28-2)13-10-20/h3-4,7-14H,5-6,15-18H2,1-2H3/q+1. The van der Waals surface area contributed by atoms with E-state index >= 15 is 0 Å². The number of rotatable bonds is 7. The first-order valence-electron chi connectivity index (χ1n) is 10.3. The number of hydrogen-bond donors (Lipinski definition) is 0. The van der Waals surface area contributed by atoms with Crippen LogP contribution in [0.3, 0.4) is 0 Å². The Morgan fingerprint density at radius 3 is 2.41 bits per heavy atom. The highest BCUT2D eigenvalue weighted by atomic mass is 16.5. The third-order valence-electron chi connectivity index (χ3n) is 6.00. The normalized spacial score (nSPS) is 15.4. The van der Waals surface area contributed by atoms with Crippen LogP contribution in [0.1, 0.15) is 28.8 Å². The van der Waals surface area contributed by atoms with Crippen LogP contribution >= 0.6 is 0 Å². The molecular weight excluding hydrogens is 362 g/mol. The number of ketones is 1. The number of benzene rings is 3. The third-order valence-corrected chi connectivity index (χ3v) is 6.00. The average molecular weight is 391 g/mol. The van der Waals surface area contributed by atoms with Crippen LogP contribution in [0.25, 0.3) is 10.8 Å². The number of hydrogen-bond acceptors (Lipinski definition) is 3. The van der Waals surface area contributed by atoms with Crippen LogP contribution in [0.4, 0.5) is 0 Å². The fraction of sp³-hybridized carbons (Fsp3) is 0.320. The highest BCUT2D eigenvalue weighted by Crippen LogP contribution is 2.31. The van der Waals surface area contributed by atoms with Crippen molar-refractivity contribution in [1.82, 2.24) is 0 Å². The van der Waals surface area contributed by atoms with Crippen molar-refractivity contribution in [3.63, 3.8) is 0 Å². The lowest BCUT2D eigenvalue weighted by Crippen LogP contribution is -2.43. The number of carbonyl (C=O) groups is 1. The minimum absolute atomic E-state index is 0.0268. The molecule has 0 bridgehead atoms. The Morgan fingerprint density at radius 1 is 0.966 bits per heavy atom. The molecule has 1 fully saturated rings. The molecule has 0 atom stereocenters. The second kappa shape index (κ2) is 8.26. The maximum absolute atomic E-state index is 13.4. The molecule has 0 radical (unpaired) electrons. The SMILES string of the molecule is COc1ccc(C(=O)c2c(OCC[N+]3(C)CCCC3)ccc3ccccc23)cc1. The van der Waals surface area contributed by atoms with Crippen molar-refractivity contribution >= 4 is 16.6 Å². The smallest absolute Gasteiger partial charge is 0.197 e. The number of ether oxygens (including phenoxy) is 2. The Morgan fingerprint density at radius 2 is 1.69 bits per heavy atom. The van der Waals surface area contributed by atoms with Crippen LogP contribution in [0.2, 0.25) is 0 Å². The van der Waals surface area contributed by atoms with Gasteiger partial charge in [0.25, 0.3) is 0 Å². The molecule has 0 amide bonds. The Hall–Kier alpha value is -2.85. The molecule has 0 spiro atoms. The summed E-state index contributed by atoms with van der Waals surface area (Å²) in [5, 5.41) is 1.96. The van der Waals surface area contributed by atoms with Gasteiger partial charge in [0.15, 0.2) is 5.78 Å². The number of likely N-dealkylation sites (tertiary alicyclic amines) is 1. The van der Waals surface area contributed by atoms with E-state index in [9.17, 15) is 4.79 Å². The first-order chi connectivity index (χ1) is 14.1. The van der Waals surface area contributed by atoms with Gasteiger partial charge in [0.2, 0.25) is 0 Å². The van der Waals surface area contributed by atoms with Crippen LogP contribution < -0.4 is 9.47 Å². The Bertz CT molecular complexity index is 1000. The topological polar surface area (TPSA) is 35.5 Å². The number of fused-ring (bicyclic) bond motifs is 1. The molecule has 1 aliphatic heterocycles. The molecule has 1 heterocycles. The zero-order chi connectivity index (χ0) is 20.3. The number of quaternary nitrogens is 1. The molecule has 1 saturated heterocycles. The Balaban J connectivity index is 1.65. The summed E-state index contributed by atoms with van der Waals surface area (Å²) in [5.74, 6) is 1.37. The van der Waals surface area contributed by atoms with E-state index in [0.29, 0.717) is 23.5 Å². The van der Waals surface area contributed by atoms with Gasteiger partial charge in [-0.25, -0.2) is 0 Å². The highest BCUT2D eigenvalue weighted by molar-refractivity contribution is 6.18. The summed E-state index contributed by atoms with van der Waals surface area (Å²) in [5.41, 5.74) is 1.27. The van der Waals surface area contributed by atoms with Crippen molar-refractivity contribution in [2.24, 2.45) is 0 Å². The lowest BCUT2D eigenvalue weighted by atomic mass is 9.96. The molecule has 4 nitrogen and oxygen atoms in total. The molecule has 4 rings (SSSR count). The van der Waals surface area contributed by atoms with Gasteiger partial charge in [-0.05, 0) is 41.1 Å². The third kappa shape index (κ3) is 4.13. The Labute approximate surface area is 172 Å². The van der Waals surface area contributed by atoms with E-state index in [2.05, 4.69) is 7.05 Å². The fourth-order valence-corrected chi connectivity index (χ4v) is 4.19. The lowest BCUT2D eigenvalue weighted by Gasteiger charge is -2.29. The first-order valence-corrected chi connectivity index (χ1v) is 10.3. The van der Waals surface area contributed by atoms with Gasteiger partial charge in [0.1, 0.15) is 24.7 Å². The van der Waals surface area contributed by atoms with Gasteiger partial charge in [-0.2, -0.15) is 0 Å². The van der Waals surface area contributed by atoms with E-state index in [1.807, 2.05) is 60.7 Å². The quantitative estimate of drug-likeness (QED) is 0.433. The second-order valence-electron chi connectivity index (χ2n) is 8.06. The van der Waals surface area contributed by atoms with Crippen molar-refractivity contribution in [3.8, 4) is 11.5 Å². The summed E-state index contributed by atoms with van der Waals surface area (Å²) >= 11 is 0. The minimum atomic E-state index is -0.0268. The molecule has 3 aromatic carbocycles. The van der Waals surface area contributed by atoms with Crippen molar-refractivity contribution in [1.29, 1.82) is 0 Å². The number of methoxy groups -OCH3 is 1. The van der Waals surface area contributed by atoms with E-state index in [1.165, 1.54) is 25.9 Å². The largest absolute Gasteiger partial charge is 0.497 e. The van der Waals surface area contributed by atoms with Gasteiger partial charge >= 0.3 is 0 Å². The Kier molecular flexibility index (Phi) is 5.54. The summed E-state index contributed by atoms with van der Waals surface area (Å²) in [6, 6.07) is 19.2. The lowest BCUT2D eigenvalue weighted by molar-refractivity contribution is -0.897. The van der Waals surface area contributed by atoms with Crippen molar-refractivity contribution in [2.75, 3.05) is 40.4 Å². The van der Waals surface area contributed by atoms with Gasteiger partial charge in [-0.1, -0.05) is 30.3 Å². The monoisotopic (exact) mass is 390 g/mol. The number of likely N-dealkylation sites (N-methyl/N-ethyl adjacent to an activating group) is 1. The molecule has 0 aromatic heterocycles. The molecule has 0 saturated carbocycles. The van der Waals surface area contributed by atoms with Gasteiger partial charge in [-0.15, -0.1) is 0 Å². The first kappa shape index (κ1) is 19.5. The molecule has 4 heteroatoms. The zero-order valence-electron chi connectivity index (χ0n) is 17.2. The summed E-state index contributed by atoms with van der Waals surface area (Å²) in [6.07, 6.45) is 2.57. The van der Waals surface area contributed by atoms with E-state index in [-0.39, 0.29) is 5.78 Å². The molecule has 29 heavy (non-hydrogen) atoms. The summed E-state index contributed by atoms with van der Waals surface area (Å²) < 4.78 is 12.5. The highest BCUT2D eigenvalue weighted by Gasteiger charge is 2.27. The molecular formula is C25H28NO3+. The second-order valence-corrected chi connectivity index (χ2v) is 8.06. The fourth-order valence-electron chi connectivity index (χ4n) is 4.19. The van der Waals surface area contributed by atoms with Crippen molar-refractivity contribution in [2.45, 2.75) is 12.8 Å². The van der Waals surface area contributed by atoms with E-state index in [0.717, 1.165) is 27.5 Å². The van der Waals surface area contributed by atoms with Gasteiger partial charge in [-0.3, -0.25) is 4.79 Å². The molecule has 0 N–H and O–H groups in total. The van der Waals surface area contributed by atoms with E-state index in [4.69, 9.17) is 9.47 Å². The van der Waals surface area contributed by atoms with Gasteiger partial charge < -0.3 is 14.0 Å². The summed E-state index contributed by atoms with van der Waals surface area (Å²) in [7, 11) is 3.91. The number of carbonyl (C=O) groups excluding carboxylic acids is 1. The van der Waals surface area contributed by atoms with E-state index < -0.39 is 0 Å². The molecule has 0 aliphatic carbocycles. The predicted molar refractivity (Wildman–Crippen MR) is 116 cm³/mol. The van der Waals surface area contributed by atoms with Crippen LogP contribution in [0, 0.1) is 0 Å². The molecule has 150 valence electrons. The molecule has 1 aliphatic rings. The predicted octanol–water partition coefficient (Wildman–Crippen LogP) is 4.70. The van der Waals surface area contributed by atoms with Gasteiger partial charge in [0, 0.05) is 18.4 Å². The number of nitrogens with zero attached hydrogens (tertiary/aromatic N) is 1. The minimum Gasteiger partial charge on any atom is -0.497 e.